The Morgan fingerprint density at radius 1 is 1.32 bits per heavy atom. The maximum absolute atomic E-state index is 12.2. The first-order valence-electron chi connectivity index (χ1n) is 8.45. The largest absolute Gasteiger partial charge is 0.469 e. The Labute approximate surface area is 147 Å². The van der Waals surface area contributed by atoms with E-state index < -0.39 is 10.0 Å². The third-order valence-corrected chi connectivity index (χ3v) is 6.10. The molecule has 0 aliphatic carbocycles. The number of anilines is 2. The van der Waals surface area contributed by atoms with Crippen LogP contribution in [0.2, 0.25) is 0 Å². The molecule has 2 aromatic rings. The van der Waals surface area contributed by atoms with E-state index in [1.807, 2.05) is 12.1 Å². The SMILES string of the molecule is CCS(=O)(=O)N1CCCc2cc(NC(=O)CCc3ccco3)ccc21. The van der Waals surface area contributed by atoms with E-state index in [0.717, 1.165) is 29.9 Å². The Bertz CT molecular complexity index is 844. The van der Waals surface area contributed by atoms with E-state index in [-0.39, 0.29) is 11.7 Å². The smallest absolute Gasteiger partial charge is 0.234 e. The van der Waals surface area contributed by atoms with E-state index in [9.17, 15) is 13.2 Å². The highest BCUT2D eigenvalue weighted by molar-refractivity contribution is 7.92. The van der Waals surface area contributed by atoms with Crippen LogP contribution in [0.1, 0.15) is 31.1 Å². The van der Waals surface area contributed by atoms with Crippen molar-refractivity contribution in [1.29, 1.82) is 0 Å². The summed E-state index contributed by atoms with van der Waals surface area (Å²) in [5.74, 6) is 0.767. The summed E-state index contributed by atoms with van der Waals surface area (Å²) in [6.07, 6.45) is 4.06. The molecule has 1 N–H and O–H groups in total. The fraction of sp³-hybridized carbons (Fsp3) is 0.389. The summed E-state index contributed by atoms with van der Waals surface area (Å²) in [4.78, 5) is 12.1. The van der Waals surface area contributed by atoms with Crippen LogP contribution in [0.4, 0.5) is 11.4 Å². The predicted molar refractivity (Wildman–Crippen MR) is 97.2 cm³/mol. The number of nitrogens with zero attached hydrogens (tertiary/aromatic N) is 1. The van der Waals surface area contributed by atoms with Crippen LogP contribution in [0.25, 0.3) is 0 Å². The van der Waals surface area contributed by atoms with Gasteiger partial charge in [-0.25, -0.2) is 8.42 Å². The number of furan rings is 1. The van der Waals surface area contributed by atoms with E-state index >= 15 is 0 Å². The number of nitrogens with one attached hydrogen (secondary N) is 1. The summed E-state index contributed by atoms with van der Waals surface area (Å²) in [7, 11) is -3.27. The molecule has 0 radical (unpaired) electrons. The van der Waals surface area contributed by atoms with Gasteiger partial charge in [-0.15, -0.1) is 0 Å². The second-order valence-corrected chi connectivity index (χ2v) is 8.23. The van der Waals surface area contributed by atoms with Crippen LogP contribution in [0.3, 0.4) is 0 Å². The number of aryl methyl sites for hydroxylation is 2. The van der Waals surface area contributed by atoms with Crippen LogP contribution in [0, 0.1) is 0 Å². The molecular weight excluding hydrogens is 340 g/mol. The molecule has 0 fully saturated rings. The van der Waals surface area contributed by atoms with E-state index in [4.69, 9.17) is 4.42 Å². The van der Waals surface area contributed by atoms with Gasteiger partial charge in [0.1, 0.15) is 5.76 Å². The fourth-order valence-electron chi connectivity index (χ4n) is 3.00. The van der Waals surface area contributed by atoms with Crippen LogP contribution in [0.5, 0.6) is 0 Å². The highest BCUT2D eigenvalue weighted by Crippen LogP contribution is 2.31. The van der Waals surface area contributed by atoms with Gasteiger partial charge in [0.05, 0.1) is 17.7 Å². The zero-order valence-electron chi connectivity index (χ0n) is 14.2. The lowest BCUT2D eigenvalue weighted by Gasteiger charge is -2.30. The molecule has 3 rings (SSSR count). The highest BCUT2D eigenvalue weighted by Gasteiger charge is 2.26. The highest BCUT2D eigenvalue weighted by atomic mass is 32.2. The number of hydrogen-bond donors (Lipinski definition) is 1. The average molecular weight is 362 g/mol. The van der Waals surface area contributed by atoms with Crippen molar-refractivity contribution in [3.8, 4) is 0 Å². The van der Waals surface area contributed by atoms with Gasteiger partial charge in [0, 0.05) is 25.1 Å². The number of carbonyl (C=O) groups excluding carboxylic acids is 1. The molecule has 0 bridgehead atoms. The van der Waals surface area contributed by atoms with Gasteiger partial charge >= 0.3 is 0 Å². The summed E-state index contributed by atoms with van der Waals surface area (Å²) in [6.45, 7) is 2.16. The van der Waals surface area contributed by atoms with Gasteiger partial charge in [0.2, 0.25) is 15.9 Å². The van der Waals surface area contributed by atoms with Crippen molar-refractivity contribution >= 4 is 27.3 Å². The average Bonchev–Trinajstić information content (AvgIpc) is 3.13. The molecule has 6 nitrogen and oxygen atoms in total. The Morgan fingerprint density at radius 2 is 2.16 bits per heavy atom. The number of benzene rings is 1. The lowest BCUT2D eigenvalue weighted by atomic mass is 10.0. The molecule has 7 heteroatoms. The molecule has 2 heterocycles. The van der Waals surface area contributed by atoms with Crippen molar-refractivity contribution in [3.05, 3.63) is 47.9 Å². The minimum absolute atomic E-state index is 0.0811. The molecule has 1 aliphatic heterocycles. The number of sulfonamides is 1. The molecular formula is C18H22N2O4S. The van der Waals surface area contributed by atoms with Crippen molar-refractivity contribution in [2.75, 3.05) is 21.9 Å². The number of amides is 1. The lowest BCUT2D eigenvalue weighted by Crippen LogP contribution is -2.36. The predicted octanol–water partition coefficient (Wildman–Crippen LogP) is 2.95. The van der Waals surface area contributed by atoms with Gasteiger partial charge in [0.25, 0.3) is 0 Å². The van der Waals surface area contributed by atoms with Crippen LogP contribution in [0.15, 0.2) is 41.0 Å². The molecule has 0 unspecified atom stereocenters. The molecule has 1 aliphatic rings. The topological polar surface area (TPSA) is 79.6 Å². The number of rotatable bonds is 6. The molecule has 25 heavy (non-hydrogen) atoms. The van der Waals surface area contributed by atoms with Crippen LogP contribution < -0.4 is 9.62 Å². The molecule has 0 saturated carbocycles. The maximum atomic E-state index is 12.2. The van der Waals surface area contributed by atoms with Gasteiger partial charge in [-0.3, -0.25) is 9.10 Å². The van der Waals surface area contributed by atoms with Crippen LogP contribution in [-0.4, -0.2) is 26.6 Å². The molecule has 1 aromatic heterocycles. The summed E-state index contributed by atoms with van der Waals surface area (Å²) in [5.41, 5.74) is 2.37. The summed E-state index contributed by atoms with van der Waals surface area (Å²) >= 11 is 0. The van der Waals surface area contributed by atoms with Crippen LogP contribution in [-0.2, 0) is 27.7 Å². The number of fused-ring (bicyclic) bond motifs is 1. The van der Waals surface area contributed by atoms with Gasteiger partial charge in [-0.05, 0) is 55.7 Å². The van der Waals surface area contributed by atoms with E-state index in [0.29, 0.717) is 25.1 Å². The molecule has 1 amide bonds. The first kappa shape index (κ1) is 17.5. The summed E-state index contributed by atoms with van der Waals surface area (Å²) < 4.78 is 31.2. The van der Waals surface area contributed by atoms with Crippen molar-refractivity contribution in [1.82, 2.24) is 0 Å². The van der Waals surface area contributed by atoms with E-state index in [1.54, 1.807) is 31.4 Å². The van der Waals surface area contributed by atoms with Crippen molar-refractivity contribution in [3.63, 3.8) is 0 Å². The van der Waals surface area contributed by atoms with Gasteiger partial charge in [0.15, 0.2) is 0 Å². The van der Waals surface area contributed by atoms with E-state index in [2.05, 4.69) is 5.32 Å². The molecule has 1 aromatic carbocycles. The van der Waals surface area contributed by atoms with Gasteiger partial charge in [-0.1, -0.05) is 0 Å². The minimum atomic E-state index is -3.27. The lowest BCUT2D eigenvalue weighted by molar-refractivity contribution is -0.116. The quantitative estimate of drug-likeness (QED) is 0.857. The third-order valence-electron chi connectivity index (χ3n) is 4.32. The Morgan fingerprint density at radius 3 is 2.88 bits per heavy atom. The minimum Gasteiger partial charge on any atom is -0.469 e. The standard InChI is InChI=1S/C18H22N2O4S/c1-2-25(22,23)20-11-3-5-14-13-15(7-9-17(14)20)19-18(21)10-8-16-6-4-12-24-16/h4,6-7,9,12-13H,2-3,5,8,10-11H2,1H3,(H,19,21). The van der Waals surface area contributed by atoms with E-state index in [1.165, 1.54) is 4.31 Å². The van der Waals surface area contributed by atoms with Crippen molar-refractivity contribution in [2.24, 2.45) is 0 Å². The summed E-state index contributed by atoms with van der Waals surface area (Å²) in [6, 6.07) is 9.05. The Hall–Kier alpha value is -2.28. The van der Waals surface area contributed by atoms with Gasteiger partial charge < -0.3 is 9.73 Å². The number of hydrogen-bond acceptors (Lipinski definition) is 4. The molecule has 0 atom stereocenters. The monoisotopic (exact) mass is 362 g/mol. The van der Waals surface area contributed by atoms with Crippen molar-refractivity contribution in [2.45, 2.75) is 32.6 Å². The van der Waals surface area contributed by atoms with Gasteiger partial charge in [-0.2, -0.15) is 0 Å². The number of carbonyl (C=O) groups is 1. The Kier molecular flexibility index (Phi) is 5.13. The second-order valence-electron chi connectivity index (χ2n) is 6.05. The second kappa shape index (κ2) is 7.31. The first-order valence-corrected chi connectivity index (χ1v) is 10.1. The first-order chi connectivity index (χ1) is 12.0. The molecule has 0 spiro atoms. The zero-order valence-corrected chi connectivity index (χ0v) is 15.0. The van der Waals surface area contributed by atoms with Crippen LogP contribution >= 0.6 is 0 Å². The zero-order chi connectivity index (χ0) is 17.9. The normalized spacial score (nSPS) is 14.2. The Balaban J connectivity index is 1.69. The third kappa shape index (κ3) is 4.04. The maximum Gasteiger partial charge on any atom is 0.234 e. The molecule has 0 saturated heterocycles. The fourth-order valence-corrected chi connectivity index (χ4v) is 4.20. The summed E-state index contributed by atoms with van der Waals surface area (Å²) in [5, 5.41) is 2.87. The molecule has 134 valence electrons. The van der Waals surface area contributed by atoms with Crippen molar-refractivity contribution < 1.29 is 17.6 Å².